The Morgan fingerprint density at radius 1 is 1.06 bits per heavy atom. The third kappa shape index (κ3) is 4.00. The van der Waals surface area contributed by atoms with Gasteiger partial charge in [0.1, 0.15) is 11.4 Å². The van der Waals surface area contributed by atoms with Gasteiger partial charge < -0.3 is 29.5 Å². The standard InChI is InChI=1S/C24H24ClFN4O4/c25-20-21-17(13-19(26)22(20)29-6-4-27-5-7-29)23(31)18(24(32)33)14-30(21)16-3-1-2-15(12-16)28-8-10-34-11-9-28/h1-3,12-14,27H,4-11H2,(H,32,33). The highest BCUT2D eigenvalue weighted by Gasteiger charge is 2.25. The normalized spacial score (nSPS) is 16.8. The fourth-order valence-electron chi connectivity index (χ4n) is 4.60. The molecule has 178 valence electrons. The summed E-state index contributed by atoms with van der Waals surface area (Å²) in [7, 11) is 0. The van der Waals surface area contributed by atoms with Crippen LogP contribution in [0.15, 0.2) is 41.3 Å². The fourth-order valence-corrected chi connectivity index (χ4v) is 5.00. The Morgan fingerprint density at radius 2 is 1.76 bits per heavy atom. The van der Waals surface area contributed by atoms with Gasteiger partial charge in [-0.05, 0) is 24.3 Å². The van der Waals surface area contributed by atoms with E-state index in [2.05, 4.69) is 10.2 Å². The Hall–Kier alpha value is -3.14. The molecule has 0 bridgehead atoms. The second-order valence-electron chi connectivity index (χ2n) is 8.32. The lowest BCUT2D eigenvalue weighted by atomic mass is 10.1. The number of carbonyl (C=O) groups is 1. The number of halogens is 2. The molecule has 0 spiro atoms. The van der Waals surface area contributed by atoms with Gasteiger partial charge in [0.25, 0.3) is 0 Å². The molecule has 0 saturated carbocycles. The van der Waals surface area contributed by atoms with Gasteiger partial charge in [0.2, 0.25) is 5.43 Å². The molecule has 0 amide bonds. The number of aromatic carboxylic acids is 1. The zero-order chi connectivity index (χ0) is 23.8. The first-order valence-corrected chi connectivity index (χ1v) is 11.5. The van der Waals surface area contributed by atoms with Crippen LogP contribution in [0.3, 0.4) is 0 Å². The number of pyridine rings is 1. The van der Waals surface area contributed by atoms with Crippen molar-refractivity contribution in [2.75, 3.05) is 62.3 Å². The van der Waals surface area contributed by atoms with Gasteiger partial charge in [-0.25, -0.2) is 9.18 Å². The van der Waals surface area contributed by atoms with Crippen molar-refractivity contribution in [3.63, 3.8) is 0 Å². The molecule has 0 radical (unpaired) electrons. The minimum atomic E-state index is -1.38. The Bertz CT molecular complexity index is 1320. The van der Waals surface area contributed by atoms with Crippen LogP contribution in [-0.4, -0.2) is 68.1 Å². The maximum atomic E-state index is 15.3. The lowest BCUT2D eigenvalue weighted by Gasteiger charge is -2.31. The Labute approximate surface area is 200 Å². The molecule has 0 atom stereocenters. The van der Waals surface area contributed by atoms with Crippen molar-refractivity contribution in [2.24, 2.45) is 0 Å². The van der Waals surface area contributed by atoms with Crippen molar-refractivity contribution in [2.45, 2.75) is 0 Å². The van der Waals surface area contributed by atoms with Crippen molar-refractivity contribution in [3.8, 4) is 5.69 Å². The van der Waals surface area contributed by atoms with Crippen LogP contribution < -0.4 is 20.5 Å². The van der Waals surface area contributed by atoms with Crippen molar-refractivity contribution in [1.82, 2.24) is 9.88 Å². The number of piperazine rings is 1. The van der Waals surface area contributed by atoms with Crippen LogP contribution in [0.4, 0.5) is 15.8 Å². The summed E-state index contributed by atoms with van der Waals surface area (Å²) in [6.45, 7) is 5.18. The molecule has 1 aromatic heterocycles. The van der Waals surface area contributed by atoms with E-state index in [4.69, 9.17) is 16.3 Å². The highest BCUT2D eigenvalue weighted by atomic mass is 35.5. The van der Waals surface area contributed by atoms with Crippen LogP contribution in [0.5, 0.6) is 0 Å². The number of carboxylic acids is 1. The van der Waals surface area contributed by atoms with Gasteiger partial charge in [-0.3, -0.25) is 4.79 Å². The minimum absolute atomic E-state index is 0.0712. The van der Waals surface area contributed by atoms with Crippen molar-refractivity contribution < 1.29 is 19.0 Å². The molecule has 3 aromatic rings. The van der Waals surface area contributed by atoms with Crippen LogP contribution in [0.25, 0.3) is 16.6 Å². The van der Waals surface area contributed by atoms with E-state index in [1.54, 1.807) is 4.57 Å². The van der Waals surface area contributed by atoms with Gasteiger partial charge in [-0.2, -0.15) is 0 Å². The zero-order valence-electron chi connectivity index (χ0n) is 18.4. The molecule has 34 heavy (non-hydrogen) atoms. The molecule has 2 N–H and O–H groups in total. The molecule has 2 fully saturated rings. The second kappa shape index (κ2) is 9.25. The van der Waals surface area contributed by atoms with Gasteiger partial charge in [-0.1, -0.05) is 17.7 Å². The monoisotopic (exact) mass is 486 g/mol. The van der Waals surface area contributed by atoms with Gasteiger partial charge >= 0.3 is 5.97 Å². The van der Waals surface area contributed by atoms with E-state index in [1.807, 2.05) is 29.2 Å². The SMILES string of the molecule is O=C(O)c1cn(-c2cccc(N3CCOCC3)c2)c2c(Cl)c(N3CCNCC3)c(F)cc2c1=O. The number of aromatic nitrogens is 1. The molecule has 3 heterocycles. The predicted molar refractivity (Wildman–Crippen MR) is 130 cm³/mol. The Morgan fingerprint density at radius 3 is 2.47 bits per heavy atom. The van der Waals surface area contributed by atoms with Crippen LogP contribution in [0, 0.1) is 5.82 Å². The number of benzene rings is 2. The summed E-state index contributed by atoms with van der Waals surface area (Å²) in [5, 5.41) is 12.9. The molecule has 5 rings (SSSR count). The number of hydrogen-bond acceptors (Lipinski definition) is 6. The highest BCUT2D eigenvalue weighted by Crippen LogP contribution is 2.37. The van der Waals surface area contributed by atoms with Crippen LogP contribution >= 0.6 is 11.6 Å². The van der Waals surface area contributed by atoms with E-state index < -0.39 is 22.8 Å². The summed E-state index contributed by atoms with van der Waals surface area (Å²) < 4.78 is 22.3. The molecule has 2 aliphatic rings. The number of nitrogens with zero attached hydrogens (tertiary/aromatic N) is 3. The highest BCUT2D eigenvalue weighted by molar-refractivity contribution is 6.38. The van der Waals surface area contributed by atoms with Gasteiger partial charge in [0, 0.05) is 56.8 Å². The number of carboxylic acid groups (broad SMARTS) is 1. The predicted octanol–water partition coefficient (Wildman–Crippen LogP) is 2.73. The maximum Gasteiger partial charge on any atom is 0.341 e. The molecule has 0 unspecified atom stereocenters. The van der Waals surface area contributed by atoms with Crippen molar-refractivity contribution in [3.05, 3.63) is 63.2 Å². The molecule has 8 nitrogen and oxygen atoms in total. The lowest BCUT2D eigenvalue weighted by molar-refractivity contribution is 0.0695. The number of nitrogens with one attached hydrogen (secondary N) is 1. The number of hydrogen-bond donors (Lipinski definition) is 2. The lowest BCUT2D eigenvalue weighted by Crippen LogP contribution is -2.44. The smallest absolute Gasteiger partial charge is 0.341 e. The fraction of sp³-hybridized carbons (Fsp3) is 0.333. The van der Waals surface area contributed by atoms with Crippen LogP contribution in [0.2, 0.25) is 5.02 Å². The van der Waals surface area contributed by atoms with E-state index in [1.165, 1.54) is 6.20 Å². The van der Waals surface area contributed by atoms with Gasteiger partial charge in [-0.15, -0.1) is 0 Å². The number of rotatable bonds is 4. The first-order chi connectivity index (χ1) is 16.5. The van der Waals surface area contributed by atoms with Gasteiger partial charge in [0.15, 0.2) is 0 Å². The van der Waals surface area contributed by atoms with E-state index in [0.29, 0.717) is 45.1 Å². The zero-order valence-corrected chi connectivity index (χ0v) is 19.1. The summed E-state index contributed by atoms with van der Waals surface area (Å²) in [4.78, 5) is 28.9. The average Bonchev–Trinajstić information content (AvgIpc) is 2.86. The average molecular weight is 487 g/mol. The van der Waals surface area contributed by atoms with Crippen LogP contribution in [-0.2, 0) is 4.74 Å². The largest absolute Gasteiger partial charge is 0.477 e. The van der Waals surface area contributed by atoms with Crippen molar-refractivity contribution in [1.29, 1.82) is 0 Å². The second-order valence-corrected chi connectivity index (χ2v) is 8.70. The molecule has 10 heteroatoms. The Kier molecular flexibility index (Phi) is 6.16. The van der Waals surface area contributed by atoms with E-state index in [0.717, 1.165) is 24.8 Å². The number of morpholine rings is 1. The molecular formula is C24H24ClFN4O4. The molecule has 2 aliphatic heterocycles. The molecule has 2 aromatic carbocycles. The number of anilines is 2. The molecule has 2 saturated heterocycles. The quantitative estimate of drug-likeness (QED) is 0.586. The summed E-state index contributed by atoms with van der Waals surface area (Å²) in [6.07, 6.45) is 1.27. The minimum Gasteiger partial charge on any atom is -0.477 e. The van der Waals surface area contributed by atoms with Crippen LogP contribution in [0.1, 0.15) is 10.4 Å². The number of fused-ring (bicyclic) bond motifs is 1. The maximum absolute atomic E-state index is 15.3. The first kappa shape index (κ1) is 22.6. The third-order valence-electron chi connectivity index (χ3n) is 6.30. The molecular weight excluding hydrogens is 463 g/mol. The summed E-state index contributed by atoms with van der Waals surface area (Å²) >= 11 is 6.79. The van der Waals surface area contributed by atoms with E-state index in [-0.39, 0.29) is 21.6 Å². The topological polar surface area (TPSA) is 87.0 Å². The third-order valence-corrected chi connectivity index (χ3v) is 6.66. The molecule has 0 aliphatic carbocycles. The first-order valence-electron chi connectivity index (χ1n) is 11.1. The van der Waals surface area contributed by atoms with E-state index >= 15 is 4.39 Å². The summed E-state index contributed by atoms with van der Waals surface area (Å²) in [6, 6.07) is 8.65. The van der Waals surface area contributed by atoms with Crippen molar-refractivity contribution >= 4 is 39.8 Å². The summed E-state index contributed by atoms with van der Waals surface area (Å²) in [5.41, 5.74) is 0.841. The van der Waals surface area contributed by atoms with E-state index in [9.17, 15) is 14.7 Å². The summed E-state index contributed by atoms with van der Waals surface area (Å²) in [5.74, 6) is -2.03. The number of ether oxygens (including phenoxy) is 1. The van der Waals surface area contributed by atoms with Gasteiger partial charge in [0.05, 0.1) is 34.8 Å². The Balaban J connectivity index is 1.75.